The van der Waals surface area contributed by atoms with Crippen LogP contribution in [-0.2, 0) is 9.53 Å². The highest BCUT2D eigenvalue weighted by Gasteiger charge is 2.29. The number of carbonyl (C=O) groups excluding carboxylic acids is 2. The summed E-state index contributed by atoms with van der Waals surface area (Å²) in [4.78, 5) is 22.5. The molecule has 2 amide bonds. The fourth-order valence-corrected chi connectivity index (χ4v) is 1.85. The third kappa shape index (κ3) is 2.62. The van der Waals surface area contributed by atoms with E-state index < -0.39 is 18.0 Å². The summed E-state index contributed by atoms with van der Waals surface area (Å²) in [5, 5.41) is 5.56. The molecule has 2 rings (SSSR count). The standard InChI is InChI=1S/C10H8Cl2N2O3/c11-5-2-1-3-6(12)8(5)14-9(15)7-4-17-10(16)13-7/h1-3,7H,4H2,(H,13,16)(H,14,15). The third-order valence-electron chi connectivity index (χ3n) is 2.20. The Kier molecular flexibility index (Phi) is 3.40. The van der Waals surface area contributed by atoms with Gasteiger partial charge in [0.15, 0.2) is 0 Å². The number of halogens is 2. The second-order valence-corrected chi connectivity index (χ2v) is 4.20. The lowest BCUT2D eigenvalue weighted by atomic mass is 10.2. The molecule has 0 aliphatic carbocycles. The Hall–Kier alpha value is -1.46. The van der Waals surface area contributed by atoms with Crippen LogP contribution in [-0.4, -0.2) is 24.6 Å². The van der Waals surface area contributed by atoms with Gasteiger partial charge < -0.3 is 15.4 Å². The molecule has 0 spiro atoms. The Morgan fingerprint density at radius 1 is 1.41 bits per heavy atom. The van der Waals surface area contributed by atoms with Gasteiger partial charge in [0.25, 0.3) is 5.91 Å². The molecule has 90 valence electrons. The van der Waals surface area contributed by atoms with Crippen LogP contribution in [0.25, 0.3) is 0 Å². The van der Waals surface area contributed by atoms with E-state index in [0.29, 0.717) is 15.7 Å². The van der Waals surface area contributed by atoms with Gasteiger partial charge in [-0.05, 0) is 12.1 Å². The van der Waals surface area contributed by atoms with Gasteiger partial charge in [0.1, 0.15) is 12.6 Å². The van der Waals surface area contributed by atoms with Gasteiger partial charge in [-0.3, -0.25) is 4.79 Å². The molecule has 7 heteroatoms. The largest absolute Gasteiger partial charge is 0.447 e. The summed E-state index contributed by atoms with van der Waals surface area (Å²) in [6.45, 7) is -0.00720. The van der Waals surface area contributed by atoms with Gasteiger partial charge in [-0.2, -0.15) is 0 Å². The van der Waals surface area contributed by atoms with E-state index in [9.17, 15) is 9.59 Å². The molecule has 1 heterocycles. The molecule has 1 unspecified atom stereocenters. The summed E-state index contributed by atoms with van der Waals surface area (Å²) in [6, 6.07) is 4.15. The predicted molar refractivity (Wildman–Crippen MR) is 63.4 cm³/mol. The molecule has 0 radical (unpaired) electrons. The number of para-hydroxylation sites is 1. The van der Waals surface area contributed by atoms with E-state index in [1.807, 2.05) is 0 Å². The van der Waals surface area contributed by atoms with E-state index in [-0.39, 0.29) is 6.61 Å². The zero-order valence-corrected chi connectivity index (χ0v) is 10.0. The first-order chi connectivity index (χ1) is 8.08. The SMILES string of the molecule is O=C1NC(C(=O)Nc2c(Cl)cccc2Cl)CO1. The zero-order valence-electron chi connectivity index (χ0n) is 8.50. The molecule has 2 N–H and O–H groups in total. The highest BCUT2D eigenvalue weighted by Crippen LogP contribution is 2.29. The first kappa shape index (κ1) is 12.0. The lowest BCUT2D eigenvalue weighted by molar-refractivity contribution is -0.117. The average Bonchev–Trinajstić information content (AvgIpc) is 2.70. The topological polar surface area (TPSA) is 67.4 Å². The summed E-state index contributed by atoms with van der Waals surface area (Å²) >= 11 is 11.8. The van der Waals surface area contributed by atoms with Gasteiger partial charge in [0.05, 0.1) is 15.7 Å². The number of carbonyl (C=O) groups is 2. The van der Waals surface area contributed by atoms with Crippen LogP contribution in [0.1, 0.15) is 0 Å². The van der Waals surface area contributed by atoms with Crippen LogP contribution < -0.4 is 10.6 Å². The Morgan fingerprint density at radius 3 is 2.59 bits per heavy atom. The number of hydrogen-bond donors (Lipinski definition) is 2. The van der Waals surface area contributed by atoms with Crippen molar-refractivity contribution in [3.63, 3.8) is 0 Å². The van der Waals surface area contributed by atoms with Gasteiger partial charge in [-0.25, -0.2) is 4.79 Å². The highest BCUT2D eigenvalue weighted by molar-refractivity contribution is 6.39. The van der Waals surface area contributed by atoms with Crippen molar-refractivity contribution >= 4 is 40.9 Å². The van der Waals surface area contributed by atoms with E-state index in [0.717, 1.165) is 0 Å². The number of anilines is 1. The van der Waals surface area contributed by atoms with Crippen LogP contribution in [0.15, 0.2) is 18.2 Å². The molecular weight excluding hydrogens is 267 g/mol. The van der Waals surface area contributed by atoms with Crippen molar-refractivity contribution in [2.45, 2.75) is 6.04 Å². The van der Waals surface area contributed by atoms with Crippen molar-refractivity contribution in [3.05, 3.63) is 28.2 Å². The number of alkyl carbamates (subject to hydrolysis) is 1. The normalized spacial score (nSPS) is 18.5. The Balaban J connectivity index is 2.11. The molecule has 1 aromatic rings. The predicted octanol–water partition coefficient (Wildman–Crippen LogP) is 2.04. The van der Waals surface area contributed by atoms with Crippen molar-refractivity contribution in [2.75, 3.05) is 11.9 Å². The molecule has 1 atom stereocenters. The van der Waals surface area contributed by atoms with Crippen LogP contribution in [0.2, 0.25) is 10.0 Å². The second-order valence-electron chi connectivity index (χ2n) is 3.38. The minimum absolute atomic E-state index is 0.00720. The van der Waals surface area contributed by atoms with Crippen molar-refractivity contribution < 1.29 is 14.3 Å². The van der Waals surface area contributed by atoms with E-state index in [4.69, 9.17) is 23.2 Å². The molecule has 1 fully saturated rings. The first-order valence-electron chi connectivity index (χ1n) is 4.76. The van der Waals surface area contributed by atoms with E-state index >= 15 is 0 Å². The van der Waals surface area contributed by atoms with Crippen LogP contribution in [0.4, 0.5) is 10.5 Å². The maximum absolute atomic E-state index is 11.7. The van der Waals surface area contributed by atoms with E-state index in [1.54, 1.807) is 18.2 Å². The third-order valence-corrected chi connectivity index (χ3v) is 2.83. The fourth-order valence-electron chi connectivity index (χ4n) is 1.35. The molecule has 0 aromatic heterocycles. The number of nitrogens with one attached hydrogen (secondary N) is 2. The van der Waals surface area contributed by atoms with Crippen LogP contribution in [0, 0.1) is 0 Å². The minimum Gasteiger partial charge on any atom is -0.447 e. The van der Waals surface area contributed by atoms with Crippen LogP contribution >= 0.6 is 23.2 Å². The zero-order chi connectivity index (χ0) is 12.4. The summed E-state index contributed by atoms with van der Waals surface area (Å²) in [5.41, 5.74) is 0.321. The first-order valence-corrected chi connectivity index (χ1v) is 5.51. The number of amides is 2. The lowest BCUT2D eigenvalue weighted by Crippen LogP contribution is -2.38. The number of cyclic esters (lactones) is 1. The quantitative estimate of drug-likeness (QED) is 0.867. The second kappa shape index (κ2) is 4.81. The highest BCUT2D eigenvalue weighted by atomic mass is 35.5. The number of ether oxygens (including phenoxy) is 1. The molecule has 17 heavy (non-hydrogen) atoms. The Bertz CT molecular complexity index is 458. The van der Waals surface area contributed by atoms with Crippen molar-refractivity contribution in [1.29, 1.82) is 0 Å². The lowest BCUT2D eigenvalue weighted by Gasteiger charge is -2.11. The van der Waals surface area contributed by atoms with Gasteiger partial charge >= 0.3 is 6.09 Å². The van der Waals surface area contributed by atoms with Gasteiger partial charge in [0.2, 0.25) is 0 Å². The van der Waals surface area contributed by atoms with Crippen molar-refractivity contribution in [2.24, 2.45) is 0 Å². The van der Waals surface area contributed by atoms with Gasteiger partial charge in [-0.15, -0.1) is 0 Å². The maximum Gasteiger partial charge on any atom is 0.407 e. The molecule has 0 saturated carbocycles. The van der Waals surface area contributed by atoms with Crippen molar-refractivity contribution in [1.82, 2.24) is 5.32 Å². The fraction of sp³-hybridized carbons (Fsp3) is 0.200. The monoisotopic (exact) mass is 274 g/mol. The number of benzene rings is 1. The molecule has 1 aliphatic rings. The summed E-state index contributed by atoms with van der Waals surface area (Å²) in [7, 11) is 0. The van der Waals surface area contributed by atoms with Gasteiger partial charge in [0, 0.05) is 0 Å². The Morgan fingerprint density at radius 2 is 2.06 bits per heavy atom. The average molecular weight is 275 g/mol. The van der Waals surface area contributed by atoms with Gasteiger partial charge in [-0.1, -0.05) is 29.3 Å². The Labute approximate surface area is 107 Å². The van der Waals surface area contributed by atoms with E-state index in [2.05, 4.69) is 15.4 Å². The van der Waals surface area contributed by atoms with Crippen LogP contribution in [0.3, 0.4) is 0 Å². The summed E-state index contributed by atoms with van der Waals surface area (Å²) < 4.78 is 4.61. The van der Waals surface area contributed by atoms with Crippen LogP contribution in [0.5, 0.6) is 0 Å². The minimum atomic E-state index is -0.727. The molecule has 5 nitrogen and oxygen atoms in total. The summed E-state index contributed by atoms with van der Waals surface area (Å²) in [6.07, 6.45) is -0.615. The smallest absolute Gasteiger partial charge is 0.407 e. The van der Waals surface area contributed by atoms with E-state index in [1.165, 1.54) is 0 Å². The number of hydrogen-bond acceptors (Lipinski definition) is 3. The molecule has 1 saturated heterocycles. The maximum atomic E-state index is 11.7. The molecule has 1 aliphatic heterocycles. The molecule has 0 bridgehead atoms. The molecule has 1 aromatic carbocycles. The summed E-state index contributed by atoms with van der Waals surface area (Å²) in [5.74, 6) is -0.425. The number of rotatable bonds is 2. The molecular formula is C10H8Cl2N2O3. The van der Waals surface area contributed by atoms with Crippen molar-refractivity contribution in [3.8, 4) is 0 Å².